The average molecular weight is 431 g/mol. The molecule has 0 amide bonds. The Hall–Kier alpha value is -3.54. The van der Waals surface area contributed by atoms with Gasteiger partial charge in [-0.3, -0.25) is 0 Å². The SMILES string of the molecule is CCc1c(C)nc(CCC(C)(O)O)n1Cc1ccc(-c2ccc#cc2-c2nn[nH]n2)cc1. The molecule has 8 nitrogen and oxygen atoms in total. The Morgan fingerprint density at radius 3 is 2.59 bits per heavy atom. The highest BCUT2D eigenvalue weighted by Gasteiger charge is 2.19. The molecule has 3 N–H and O–H groups in total. The van der Waals surface area contributed by atoms with Gasteiger partial charge in [-0.05, 0) is 48.7 Å². The fourth-order valence-electron chi connectivity index (χ4n) is 3.89. The number of nitrogens with zero attached hydrogens (tertiary/aromatic N) is 5. The first-order chi connectivity index (χ1) is 15.4. The second kappa shape index (κ2) is 8.91. The number of rotatable bonds is 8. The second-order valence-corrected chi connectivity index (χ2v) is 8.04. The van der Waals surface area contributed by atoms with Crippen molar-refractivity contribution in [3.8, 4) is 22.5 Å². The number of aromatic nitrogens is 6. The largest absolute Gasteiger partial charge is 0.366 e. The summed E-state index contributed by atoms with van der Waals surface area (Å²) >= 11 is 0. The Labute approximate surface area is 187 Å². The van der Waals surface area contributed by atoms with Gasteiger partial charge in [-0.15, -0.1) is 10.2 Å². The van der Waals surface area contributed by atoms with Crippen LogP contribution in [0.15, 0.2) is 36.4 Å². The van der Waals surface area contributed by atoms with Crippen molar-refractivity contribution < 1.29 is 10.2 Å². The number of hydrogen-bond acceptors (Lipinski definition) is 6. The highest BCUT2D eigenvalue weighted by atomic mass is 16.5. The molecule has 2 aromatic heterocycles. The lowest BCUT2D eigenvalue weighted by Gasteiger charge is -2.17. The summed E-state index contributed by atoms with van der Waals surface area (Å²) in [5.41, 5.74) is 5.99. The molecule has 164 valence electrons. The molecule has 2 heterocycles. The van der Waals surface area contributed by atoms with Gasteiger partial charge in [-0.25, -0.2) is 4.98 Å². The molecule has 0 fully saturated rings. The molecule has 2 aromatic carbocycles. The van der Waals surface area contributed by atoms with Gasteiger partial charge in [-0.1, -0.05) is 43.3 Å². The fraction of sp³-hybridized carbons (Fsp3) is 0.333. The van der Waals surface area contributed by atoms with E-state index in [0.717, 1.165) is 45.9 Å². The summed E-state index contributed by atoms with van der Waals surface area (Å²) < 4.78 is 2.19. The minimum atomic E-state index is -1.71. The van der Waals surface area contributed by atoms with Crippen molar-refractivity contribution in [1.82, 2.24) is 30.2 Å². The van der Waals surface area contributed by atoms with Crippen LogP contribution in [0, 0.1) is 19.1 Å². The predicted molar refractivity (Wildman–Crippen MR) is 119 cm³/mol. The summed E-state index contributed by atoms with van der Waals surface area (Å²) in [7, 11) is 0. The Morgan fingerprint density at radius 1 is 1.16 bits per heavy atom. The number of imidazole rings is 1. The maximum absolute atomic E-state index is 9.72. The maximum Gasteiger partial charge on any atom is 0.213 e. The Kier molecular flexibility index (Phi) is 6.04. The van der Waals surface area contributed by atoms with Crippen LogP contribution in [0.1, 0.15) is 43.0 Å². The van der Waals surface area contributed by atoms with E-state index in [2.05, 4.69) is 68.5 Å². The summed E-state index contributed by atoms with van der Waals surface area (Å²) in [6, 6.07) is 18.1. The van der Waals surface area contributed by atoms with Crippen molar-refractivity contribution in [3.63, 3.8) is 0 Å². The first-order valence-corrected chi connectivity index (χ1v) is 10.6. The lowest BCUT2D eigenvalue weighted by molar-refractivity contribution is -0.149. The van der Waals surface area contributed by atoms with Crippen LogP contribution in [-0.4, -0.2) is 46.2 Å². The molecule has 0 radical (unpaired) electrons. The zero-order valence-corrected chi connectivity index (χ0v) is 18.4. The molecule has 0 aliphatic carbocycles. The quantitative estimate of drug-likeness (QED) is 0.371. The fourth-order valence-corrected chi connectivity index (χ4v) is 3.89. The molecule has 0 saturated carbocycles. The van der Waals surface area contributed by atoms with Gasteiger partial charge in [-0.2, -0.15) is 5.21 Å². The van der Waals surface area contributed by atoms with E-state index in [1.165, 1.54) is 6.92 Å². The van der Waals surface area contributed by atoms with Crippen LogP contribution in [0.2, 0.25) is 0 Å². The summed E-state index contributed by atoms with van der Waals surface area (Å²) in [6.45, 7) is 6.17. The van der Waals surface area contributed by atoms with Crippen molar-refractivity contribution in [3.05, 3.63) is 71.3 Å². The third-order valence-corrected chi connectivity index (χ3v) is 5.48. The van der Waals surface area contributed by atoms with E-state index < -0.39 is 5.79 Å². The Morgan fingerprint density at radius 2 is 1.94 bits per heavy atom. The number of aryl methyl sites for hydroxylation is 2. The molecule has 4 rings (SSSR count). The smallest absolute Gasteiger partial charge is 0.213 e. The number of benzene rings is 1. The van der Waals surface area contributed by atoms with Crippen molar-refractivity contribution in [2.45, 2.75) is 52.4 Å². The van der Waals surface area contributed by atoms with Crippen molar-refractivity contribution in [2.75, 3.05) is 0 Å². The van der Waals surface area contributed by atoms with E-state index >= 15 is 0 Å². The molecule has 0 spiro atoms. The van der Waals surface area contributed by atoms with Crippen LogP contribution in [0.5, 0.6) is 0 Å². The minimum Gasteiger partial charge on any atom is -0.366 e. The summed E-state index contributed by atoms with van der Waals surface area (Å²) in [5.74, 6) is -0.364. The third kappa shape index (κ3) is 4.69. The number of aromatic amines is 1. The standard InChI is InChI=1S/C24H26N6O2/c1-4-21-16(2)25-22(13-14-24(3,31)32)30(21)15-17-9-11-18(12-10-17)19-7-5-6-8-20(19)23-26-28-29-27-23/h5,7,9-12,31-32H,4,13-15H2,1-3H3,(H,26,27,28,29). The molecule has 32 heavy (non-hydrogen) atoms. The van der Waals surface area contributed by atoms with Gasteiger partial charge >= 0.3 is 0 Å². The van der Waals surface area contributed by atoms with E-state index in [0.29, 0.717) is 18.8 Å². The van der Waals surface area contributed by atoms with Gasteiger partial charge in [0.05, 0.1) is 11.3 Å². The average Bonchev–Trinajstić information content (AvgIpc) is 3.40. The molecule has 0 aliphatic heterocycles. The molecule has 0 saturated heterocycles. The lowest BCUT2D eigenvalue weighted by Crippen LogP contribution is -2.24. The normalized spacial score (nSPS) is 11.5. The van der Waals surface area contributed by atoms with E-state index in [1.54, 1.807) is 0 Å². The van der Waals surface area contributed by atoms with Crippen LogP contribution in [0.4, 0.5) is 0 Å². The molecule has 0 atom stereocenters. The van der Waals surface area contributed by atoms with Crippen LogP contribution in [-0.2, 0) is 19.4 Å². The summed E-state index contributed by atoms with van der Waals surface area (Å²) in [5, 5.41) is 33.7. The topological polar surface area (TPSA) is 113 Å². The second-order valence-electron chi connectivity index (χ2n) is 8.04. The van der Waals surface area contributed by atoms with Gasteiger partial charge in [0.15, 0.2) is 5.79 Å². The van der Waals surface area contributed by atoms with E-state index in [-0.39, 0.29) is 6.42 Å². The lowest BCUT2D eigenvalue weighted by atomic mass is 9.99. The number of hydrogen-bond donors (Lipinski definition) is 3. The van der Waals surface area contributed by atoms with Crippen LogP contribution in [0.3, 0.4) is 0 Å². The van der Waals surface area contributed by atoms with Crippen LogP contribution in [0.25, 0.3) is 22.5 Å². The Bertz CT molecular complexity index is 1170. The number of nitrogens with one attached hydrogen (secondary N) is 1. The third-order valence-electron chi connectivity index (χ3n) is 5.48. The molecular formula is C24H26N6O2. The molecular weight excluding hydrogens is 404 g/mol. The van der Waals surface area contributed by atoms with Crippen molar-refractivity contribution in [1.29, 1.82) is 0 Å². The number of tetrazole rings is 1. The van der Waals surface area contributed by atoms with Crippen molar-refractivity contribution in [2.24, 2.45) is 0 Å². The van der Waals surface area contributed by atoms with Gasteiger partial charge in [0.25, 0.3) is 0 Å². The highest BCUT2D eigenvalue weighted by molar-refractivity contribution is 5.79. The predicted octanol–water partition coefficient (Wildman–Crippen LogP) is 2.88. The van der Waals surface area contributed by atoms with Gasteiger partial charge in [0.2, 0.25) is 5.82 Å². The monoisotopic (exact) mass is 430 g/mol. The maximum atomic E-state index is 9.72. The van der Waals surface area contributed by atoms with Gasteiger partial charge in [0, 0.05) is 30.6 Å². The molecule has 8 heteroatoms. The zero-order chi connectivity index (χ0) is 22.7. The number of H-pyrrole nitrogens is 1. The van der Waals surface area contributed by atoms with E-state index in [4.69, 9.17) is 4.98 Å². The molecule has 0 aliphatic rings. The van der Waals surface area contributed by atoms with Crippen LogP contribution >= 0.6 is 0 Å². The van der Waals surface area contributed by atoms with Crippen LogP contribution < -0.4 is 0 Å². The first-order valence-electron chi connectivity index (χ1n) is 10.6. The molecule has 4 aromatic rings. The number of aliphatic hydroxyl groups is 2. The minimum absolute atomic E-state index is 0.228. The van der Waals surface area contributed by atoms with E-state index in [9.17, 15) is 10.2 Å². The van der Waals surface area contributed by atoms with Crippen molar-refractivity contribution >= 4 is 0 Å². The van der Waals surface area contributed by atoms with Gasteiger partial charge in [0.1, 0.15) is 5.82 Å². The zero-order valence-electron chi connectivity index (χ0n) is 18.4. The Balaban J connectivity index is 1.61. The first kappa shape index (κ1) is 21.7. The molecule has 0 bridgehead atoms. The van der Waals surface area contributed by atoms with E-state index in [1.807, 2.05) is 19.1 Å². The van der Waals surface area contributed by atoms with Gasteiger partial charge < -0.3 is 14.8 Å². The summed E-state index contributed by atoms with van der Waals surface area (Å²) in [6.07, 6.45) is 1.58. The highest BCUT2D eigenvalue weighted by Crippen LogP contribution is 2.28. The summed E-state index contributed by atoms with van der Waals surface area (Å²) in [4.78, 5) is 4.70. The molecule has 0 unspecified atom stereocenters.